The predicted octanol–water partition coefficient (Wildman–Crippen LogP) is 3.53. The Morgan fingerprint density at radius 3 is 1.70 bits per heavy atom. The van der Waals surface area contributed by atoms with E-state index in [0.717, 1.165) is 0 Å². The van der Waals surface area contributed by atoms with Gasteiger partial charge in [0, 0.05) is 11.8 Å². The van der Waals surface area contributed by atoms with E-state index in [1.165, 1.54) is 0 Å². The number of halogens is 6. The molecule has 0 spiro atoms. The minimum atomic E-state index is -1.86. The summed E-state index contributed by atoms with van der Waals surface area (Å²) in [5.74, 6) is -0.911. The molecule has 0 radical (unpaired) electrons. The number of allylic oxidation sites excluding steroid dienone is 2. The molecule has 11 heteroatoms. The first kappa shape index (κ1) is 18.7. The molecule has 0 amide bonds. The third-order valence-electron chi connectivity index (χ3n) is 3.94. The SMILES string of the molecule is O=S1OCC2C(CO1)C1(Cl)C(Cl)=C(Cl)C2(Cl)C1(Cl)Cl.[H-].[H-].[Mg+2]. The van der Waals surface area contributed by atoms with E-state index >= 15 is 0 Å². The van der Waals surface area contributed by atoms with Crippen LogP contribution < -0.4 is 0 Å². The van der Waals surface area contributed by atoms with Crippen molar-refractivity contribution in [3.8, 4) is 0 Å². The van der Waals surface area contributed by atoms with E-state index in [4.69, 9.17) is 78.0 Å². The Balaban J connectivity index is 0.00000147. The summed E-state index contributed by atoms with van der Waals surface area (Å²) < 4.78 is 19.7. The van der Waals surface area contributed by atoms with Crippen LogP contribution in [-0.4, -0.2) is 54.6 Å². The van der Waals surface area contributed by atoms with E-state index < -0.39 is 37.3 Å². The van der Waals surface area contributed by atoms with Gasteiger partial charge < -0.3 is 2.85 Å². The maximum Gasteiger partial charge on any atom is 2.00 e. The van der Waals surface area contributed by atoms with Gasteiger partial charge in [-0.15, -0.1) is 23.2 Å². The van der Waals surface area contributed by atoms with E-state index in [2.05, 4.69) is 0 Å². The molecular weight excluding hydrogens is 425 g/mol. The van der Waals surface area contributed by atoms with Gasteiger partial charge in [0.25, 0.3) is 0 Å². The second-order valence-corrected chi connectivity index (χ2v) is 8.77. The monoisotopic (exact) mass is 430 g/mol. The average Bonchev–Trinajstić information content (AvgIpc) is 2.54. The van der Waals surface area contributed by atoms with Crippen molar-refractivity contribution < 1.29 is 15.4 Å². The van der Waals surface area contributed by atoms with E-state index in [0.29, 0.717) is 0 Å². The molecule has 0 aromatic rings. The van der Waals surface area contributed by atoms with Crippen LogP contribution in [0.4, 0.5) is 0 Å². The van der Waals surface area contributed by atoms with Crippen LogP contribution in [0.3, 0.4) is 0 Å². The molecule has 0 aromatic heterocycles. The Labute approximate surface area is 167 Å². The zero-order valence-corrected chi connectivity index (χ0v) is 16.4. The van der Waals surface area contributed by atoms with Gasteiger partial charge in [0.2, 0.25) is 0 Å². The summed E-state index contributed by atoms with van der Waals surface area (Å²) in [7, 11) is 0. The van der Waals surface area contributed by atoms with Crippen molar-refractivity contribution in [2.45, 2.75) is 14.1 Å². The Morgan fingerprint density at radius 2 is 1.35 bits per heavy atom. The Hall–Kier alpha value is 2.32. The van der Waals surface area contributed by atoms with Crippen LogP contribution in [0.2, 0.25) is 0 Å². The fraction of sp³-hybridized carbons (Fsp3) is 0.778. The van der Waals surface area contributed by atoms with Gasteiger partial charge in [0.1, 0.15) is 9.75 Å². The summed E-state index contributed by atoms with van der Waals surface area (Å²) in [6.45, 7) is 0.0215. The van der Waals surface area contributed by atoms with E-state index in [9.17, 15) is 4.21 Å². The fourth-order valence-electron chi connectivity index (χ4n) is 2.96. The number of rotatable bonds is 0. The molecule has 3 aliphatic rings. The smallest absolute Gasteiger partial charge is 1.00 e. The summed E-state index contributed by atoms with van der Waals surface area (Å²) in [4.78, 5) is -2.78. The molecule has 0 aromatic carbocycles. The predicted molar refractivity (Wildman–Crippen MR) is 85.3 cm³/mol. The van der Waals surface area contributed by atoms with Crippen molar-refractivity contribution >= 4 is 104 Å². The second-order valence-electron chi connectivity index (χ2n) is 4.61. The molecule has 3 nitrogen and oxygen atoms in total. The van der Waals surface area contributed by atoms with Crippen molar-refractivity contribution in [1.29, 1.82) is 0 Å². The molecule has 1 saturated heterocycles. The Bertz CT molecular complexity index is 486. The van der Waals surface area contributed by atoms with Gasteiger partial charge in [-0.1, -0.05) is 46.4 Å². The topological polar surface area (TPSA) is 35.5 Å². The molecule has 112 valence electrons. The largest absolute Gasteiger partial charge is 2.00 e. The summed E-state index contributed by atoms with van der Waals surface area (Å²) in [6.07, 6.45) is 0. The van der Waals surface area contributed by atoms with Crippen LogP contribution in [0.25, 0.3) is 0 Å². The number of fused-ring (bicyclic) bond motifs is 5. The van der Waals surface area contributed by atoms with Crippen molar-refractivity contribution in [2.75, 3.05) is 13.2 Å². The van der Waals surface area contributed by atoms with E-state index in [1.807, 2.05) is 0 Å². The standard InChI is InChI=1S/C9H6Cl6O3S.Mg.2H/c10-5-6(11)8(13)4-2-18-19(16)17-1-3(4)7(5,12)9(8,14)15;;;/h3-4H,1-2H2;;;/q;+2;2*-1. The molecular formula is C9H8Cl6MgO3S. The van der Waals surface area contributed by atoms with Crippen molar-refractivity contribution in [1.82, 2.24) is 0 Å². The Morgan fingerprint density at radius 1 is 1.00 bits per heavy atom. The normalized spacial score (nSPS) is 49.6. The van der Waals surface area contributed by atoms with Gasteiger partial charge >= 0.3 is 34.4 Å². The van der Waals surface area contributed by atoms with Crippen LogP contribution in [0.5, 0.6) is 0 Å². The van der Waals surface area contributed by atoms with Crippen molar-refractivity contribution in [2.24, 2.45) is 11.8 Å². The number of hydrogen-bond acceptors (Lipinski definition) is 3. The Kier molecular flexibility index (Phi) is 5.31. The number of alkyl halides is 4. The van der Waals surface area contributed by atoms with Gasteiger partial charge in [-0.3, -0.25) is 8.37 Å². The quantitative estimate of drug-likeness (QED) is 0.433. The zero-order valence-electron chi connectivity index (χ0n) is 11.7. The first-order valence-corrected chi connectivity index (χ1v) is 8.46. The van der Waals surface area contributed by atoms with E-state index in [-0.39, 0.29) is 49.2 Å². The summed E-state index contributed by atoms with van der Waals surface area (Å²) in [5.41, 5.74) is 0. The molecule has 20 heavy (non-hydrogen) atoms. The first-order chi connectivity index (χ1) is 8.69. The zero-order chi connectivity index (χ0) is 14.2. The fourth-order valence-corrected chi connectivity index (χ4v) is 6.60. The molecule has 2 aliphatic carbocycles. The molecule has 4 atom stereocenters. The molecule has 1 saturated carbocycles. The van der Waals surface area contributed by atoms with Crippen LogP contribution in [0, 0.1) is 11.8 Å². The third-order valence-corrected chi connectivity index (χ3v) is 8.95. The second kappa shape index (κ2) is 5.69. The van der Waals surface area contributed by atoms with Gasteiger partial charge in [0.05, 0.1) is 23.3 Å². The van der Waals surface area contributed by atoms with Gasteiger partial charge in [-0.25, -0.2) is 0 Å². The molecule has 0 N–H and O–H groups in total. The first-order valence-electron chi connectivity index (χ1n) is 5.19. The summed E-state index contributed by atoms with van der Waals surface area (Å²) >= 11 is 36.4. The third kappa shape index (κ3) is 1.95. The summed E-state index contributed by atoms with van der Waals surface area (Å²) in [6, 6.07) is 0. The minimum Gasteiger partial charge on any atom is -1.00 e. The molecule has 3 rings (SSSR count). The average molecular weight is 433 g/mol. The van der Waals surface area contributed by atoms with Crippen LogP contribution in [0.1, 0.15) is 2.85 Å². The maximum absolute atomic E-state index is 11.3. The molecule has 1 aliphatic heterocycles. The van der Waals surface area contributed by atoms with Gasteiger partial charge in [-0.05, 0) is 0 Å². The van der Waals surface area contributed by atoms with Crippen LogP contribution in [0.15, 0.2) is 10.1 Å². The molecule has 1 heterocycles. The van der Waals surface area contributed by atoms with E-state index in [1.54, 1.807) is 0 Å². The molecule has 2 bridgehead atoms. The maximum atomic E-state index is 11.3. The summed E-state index contributed by atoms with van der Waals surface area (Å²) in [5, 5.41) is 0.210. The van der Waals surface area contributed by atoms with Gasteiger partial charge in [-0.2, -0.15) is 4.21 Å². The molecule has 2 fully saturated rings. The van der Waals surface area contributed by atoms with Crippen molar-refractivity contribution in [3.05, 3.63) is 10.1 Å². The van der Waals surface area contributed by atoms with Gasteiger partial charge in [0.15, 0.2) is 4.33 Å². The van der Waals surface area contributed by atoms with Crippen molar-refractivity contribution in [3.63, 3.8) is 0 Å². The van der Waals surface area contributed by atoms with Crippen LogP contribution in [-0.2, 0) is 19.7 Å². The minimum absolute atomic E-state index is 0. The molecule has 4 unspecified atom stereocenters. The number of hydrogen-bond donors (Lipinski definition) is 0. The van der Waals surface area contributed by atoms with Crippen LogP contribution >= 0.6 is 69.6 Å².